The van der Waals surface area contributed by atoms with Gasteiger partial charge in [-0.15, -0.1) is 10.2 Å². The maximum Gasteiger partial charge on any atom is 0.416 e. The molecule has 1 aromatic heterocycles. The van der Waals surface area contributed by atoms with E-state index in [9.17, 15) is 13.2 Å². The van der Waals surface area contributed by atoms with Crippen LogP contribution in [0, 0.1) is 5.92 Å². The van der Waals surface area contributed by atoms with E-state index in [0.29, 0.717) is 34.8 Å². The lowest BCUT2D eigenvalue weighted by molar-refractivity contribution is -0.137. The molecule has 0 fully saturated rings. The fourth-order valence-electron chi connectivity index (χ4n) is 3.04. The Kier molecular flexibility index (Phi) is 7.64. The van der Waals surface area contributed by atoms with Crippen molar-refractivity contribution in [1.82, 2.24) is 14.8 Å². The lowest BCUT2D eigenvalue weighted by Gasteiger charge is -2.13. The Balaban J connectivity index is 1.71. The van der Waals surface area contributed by atoms with Crippen molar-refractivity contribution >= 4 is 11.8 Å². The van der Waals surface area contributed by atoms with Crippen LogP contribution in [0.4, 0.5) is 13.2 Å². The van der Waals surface area contributed by atoms with E-state index >= 15 is 0 Å². The molecule has 166 valence electrons. The van der Waals surface area contributed by atoms with Gasteiger partial charge in [-0.2, -0.15) is 13.2 Å². The van der Waals surface area contributed by atoms with Crippen LogP contribution in [0.5, 0.6) is 5.75 Å². The molecule has 3 aromatic rings. The molecule has 1 heterocycles. The third-order valence-electron chi connectivity index (χ3n) is 4.66. The third-order valence-corrected chi connectivity index (χ3v) is 5.70. The zero-order valence-corrected chi connectivity index (χ0v) is 18.6. The highest BCUT2D eigenvalue weighted by Crippen LogP contribution is 2.31. The fraction of sp³-hybridized carbons (Fsp3) is 0.391. The van der Waals surface area contributed by atoms with E-state index in [4.69, 9.17) is 4.74 Å². The number of benzene rings is 2. The van der Waals surface area contributed by atoms with Gasteiger partial charge in [0.2, 0.25) is 0 Å². The quantitative estimate of drug-likeness (QED) is 0.355. The van der Waals surface area contributed by atoms with Crippen LogP contribution in [-0.4, -0.2) is 14.8 Å². The van der Waals surface area contributed by atoms with E-state index in [1.165, 1.54) is 29.5 Å². The highest BCUT2D eigenvalue weighted by Gasteiger charge is 2.30. The highest BCUT2D eigenvalue weighted by atomic mass is 32.2. The summed E-state index contributed by atoms with van der Waals surface area (Å²) < 4.78 is 46.8. The maximum atomic E-state index is 13.0. The SMILES string of the molecule is CCc1ccc(OCc2nnc(SCc3cccc(C(F)(F)F)c3)n2CC(C)C)cc1. The average molecular weight is 450 g/mol. The first kappa shape index (κ1) is 23.2. The predicted octanol–water partition coefficient (Wildman–Crippen LogP) is 6.39. The number of aryl methyl sites for hydroxylation is 1. The summed E-state index contributed by atoms with van der Waals surface area (Å²) in [5, 5.41) is 9.22. The van der Waals surface area contributed by atoms with E-state index in [1.807, 2.05) is 28.8 Å². The maximum absolute atomic E-state index is 13.0. The normalized spacial score (nSPS) is 11.8. The summed E-state index contributed by atoms with van der Waals surface area (Å²) in [7, 11) is 0. The molecule has 2 aromatic carbocycles. The van der Waals surface area contributed by atoms with Gasteiger partial charge < -0.3 is 9.30 Å². The molecule has 31 heavy (non-hydrogen) atoms. The first-order chi connectivity index (χ1) is 14.8. The summed E-state index contributed by atoms with van der Waals surface area (Å²) in [6.07, 6.45) is -3.38. The van der Waals surface area contributed by atoms with Gasteiger partial charge in [-0.25, -0.2) is 0 Å². The van der Waals surface area contributed by atoms with Crippen LogP contribution in [0.25, 0.3) is 0 Å². The molecule has 0 aliphatic heterocycles. The number of halogens is 3. The van der Waals surface area contributed by atoms with Crippen molar-refractivity contribution < 1.29 is 17.9 Å². The number of hydrogen-bond acceptors (Lipinski definition) is 4. The Hall–Kier alpha value is -2.48. The first-order valence-corrected chi connectivity index (χ1v) is 11.2. The smallest absolute Gasteiger partial charge is 0.416 e. The summed E-state index contributed by atoms with van der Waals surface area (Å²) in [5.41, 5.74) is 1.19. The lowest BCUT2D eigenvalue weighted by Crippen LogP contribution is -2.12. The van der Waals surface area contributed by atoms with Gasteiger partial charge in [-0.3, -0.25) is 0 Å². The summed E-state index contributed by atoms with van der Waals surface area (Å²) in [6, 6.07) is 13.3. The van der Waals surface area contributed by atoms with Crippen LogP contribution in [0.3, 0.4) is 0 Å². The van der Waals surface area contributed by atoms with Gasteiger partial charge in [0.05, 0.1) is 5.56 Å². The molecule has 0 aliphatic carbocycles. The molecule has 0 saturated heterocycles. The fourth-order valence-corrected chi connectivity index (χ4v) is 3.95. The van der Waals surface area contributed by atoms with Crippen molar-refractivity contribution in [1.29, 1.82) is 0 Å². The Bertz CT molecular complexity index is 984. The molecule has 3 rings (SSSR count). The molecule has 0 N–H and O–H groups in total. The zero-order valence-electron chi connectivity index (χ0n) is 17.8. The molecule has 0 amide bonds. The molecule has 0 saturated carbocycles. The number of ether oxygens (including phenoxy) is 1. The molecular weight excluding hydrogens is 423 g/mol. The minimum atomic E-state index is -4.35. The van der Waals surface area contributed by atoms with Gasteiger partial charge in [0.15, 0.2) is 11.0 Å². The van der Waals surface area contributed by atoms with E-state index in [2.05, 4.69) is 31.0 Å². The van der Waals surface area contributed by atoms with Gasteiger partial charge in [0, 0.05) is 12.3 Å². The number of rotatable bonds is 9. The van der Waals surface area contributed by atoms with Crippen LogP contribution >= 0.6 is 11.8 Å². The van der Waals surface area contributed by atoms with Crippen LogP contribution < -0.4 is 4.74 Å². The number of aromatic nitrogens is 3. The largest absolute Gasteiger partial charge is 0.486 e. The molecule has 0 radical (unpaired) electrons. The van der Waals surface area contributed by atoms with Gasteiger partial charge in [0.25, 0.3) is 0 Å². The molecule has 4 nitrogen and oxygen atoms in total. The van der Waals surface area contributed by atoms with Crippen LogP contribution in [0.1, 0.15) is 43.3 Å². The van der Waals surface area contributed by atoms with Crippen molar-refractivity contribution in [2.24, 2.45) is 5.92 Å². The van der Waals surface area contributed by atoms with E-state index < -0.39 is 11.7 Å². The van der Waals surface area contributed by atoms with E-state index in [-0.39, 0.29) is 6.61 Å². The summed E-state index contributed by atoms with van der Waals surface area (Å²) in [4.78, 5) is 0. The molecule has 0 aliphatic rings. The molecular formula is C23H26F3N3OS. The number of alkyl halides is 3. The van der Waals surface area contributed by atoms with Gasteiger partial charge in [0.1, 0.15) is 12.4 Å². The first-order valence-electron chi connectivity index (χ1n) is 10.2. The number of thioether (sulfide) groups is 1. The van der Waals surface area contributed by atoms with Gasteiger partial charge in [-0.05, 0) is 41.7 Å². The second-order valence-electron chi connectivity index (χ2n) is 7.68. The van der Waals surface area contributed by atoms with Crippen LogP contribution in [0.15, 0.2) is 53.7 Å². The number of nitrogens with zero attached hydrogens (tertiary/aromatic N) is 3. The Labute approximate surface area is 184 Å². The monoisotopic (exact) mass is 449 g/mol. The summed E-state index contributed by atoms with van der Waals surface area (Å²) >= 11 is 1.38. The molecule has 8 heteroatoms. The van der Waals surface area contributed by atoms with E-state index in [0.717, 1.165) is 18.2 Å². The second-order valence-corrected chi connectivity index (χ2v) is 8.62. The Morgan fingerprint density at radius 1 is 1.03 bits per heavy atom. The van der Waals surface area contributed by atoms with Crippen LogP contribution in [-0.2, 0) is 31.5 Å². The molecule has 0 unspecified atom stereocenters. The van der Waals surface area contributed by atoms with Gasteiger partial charge >= 0.3 is 6.18 Å². The summed E-state index contributed by atoms with van der Waals surface area (Å²) in [6.45, 7) is 7.26. The number of hydrogen-bond donors (Lipinski definition) is 0. The molecule has 0 atom stereocenters. The van der Waals surface area contributed by atoms with Crippen molar-refractivity contribution in [3.8, 4) is 5.75 Å². The second kappa shape index (κ2) is 10.2. The van der Waals surface area contributed by atoms with Crippen LogP contribution in [0.2, 0.25) is 0 Å². The molecule has 0 spiro atoms. The highest BCUT2D eigenvalue weighted by molar-refractivity contribution is 7.98. The van der Waals surface area contributed by atoms with Crippen molar-refractivity contribution in [2.75, 3.05) is 0 Å². The topological polar surface area (TPSA) is 39.9 Å². The van der Waals surface area contributed by atoms with Crippen molar-refractivity contribution in [2.45, 2.75) is 57.4 Å². The summed E-state index contributed by atoms with van der Waals surface area (Å²) in [5.74, 6) is 2.18. The van der Waals surface area contributed by atoms with Crippen molar-refractivity contribution in [3.05, 3.63) is 71.0 Å². The predicted molar refractivity (Wildman–Crippen MR) is 116 cm³/mol. The minimum Gasteiger partial charge on any atom is -0.486 e. The average Bonchev–Trinajstić information content (AvgIpc) is 3.11. The third kappa shape index (κ3) is 6.50. The lowest BCUT2D eigenvalue weighted by atomic mass is 10.1. The standard InChI is InChI=1S/C23H26F3N3OS/c1-4-17-8-10-20(11-9-17)30-14-21-27-28-22(29(21)13-16(2)3)31-15-18-6-5-7-19(12-18)23(24,25)26/h5-12,16H,4,13-15H2,1-3H3. The van der Waals surface area contributed by atoms with Gasteiger partial charge in [-0.1, -0.05) is 62.9 Å². The van der Waals surface area contributed by atoms with Crippen molar-refractivity contribution in [3.63, 3.8) is 0 Å². The Morgan fingerprint density at radius 2 is 1.77 bits per heavy atom. The zero-order chi connectivity index (χ0) is 22.4. The Morgan fingerprint density at radius 3 is 2.42 bits per heavy atom. The van der Waals surface area contributed by atoms with E-state index in [1.54, 1.807) is 6.07 Å². The molecule has 0 bridgehead atoms. The minimum absolute atomic E-state index is 0.273.